The van der Waals surface area contributed by atoms with Crippen LogP contribution in [0.2, 0.25) is 0 Å². The minimum atomic E-state index is -0.590. The molecule has 3 aromatic rings. The lowest BCUT2D eigenvalue weighted by Gasteiger charge is -2.25. The van der Waals surface area contributed by atoms with Gasteiger partial charge in [0, 0.05) is 18.4 Å². The van der Waals surface area contributed by atoms with Gasteiger partial charge >= 0.3 is 5.97 Å². The molecule has 0 radical (unpaired) electrons. The topological polar surface area (TPSA) is 84.0 Å². The third-order valence-corrected chi connectivity index (χ3v) is 8.33. The summed E-state index contributed by atoms with van der Waals surface area (Å²) in [6.07, 6.45) is 2.54. The molecule has 1 saturated carbocycles. The molecule has 6 rings (SSSR count). The van der Waals surface area contributed by atoms with Crippen molar-refractivity contribution in [2.24, 2.45) is 23.7 Å². The number of hydrogen-bond donors (Lipinski definition) is 0. The summed E-state index contributed by atoms with van der Waals surface area (Å²) in [6, 6.07) is 18.6. The fourth-order valence-electron chi connectivity index (χ4n) is 6.31. The fraction of sp³-hybridized carbons (Fsp3) is 0.355. The summed E-state index contributed by atoms with van der Waals surface area (Å²) in [7, 11) is 0. The van der Waals surface area contributed by atoms with E-state index in [-0.39, 0.29) is 42.5 Å². The van der Waals surface area contributed by atoms with Crippen molar-refractivity contribution in [1.29, 1.82) is 0 Å². The molecule has 3 aliphatic rings. The molecule has 3 aromatic carbocycles. The van der Waals surface area contributed by atoms with Crippen LogP contribution in [0.5, 0.6) is 5.75 Å². The van der Waals surface area contributed by atoms with Gasteiger partial charge in [0.15, 0.2) is 0 Å². The van der Waals surface area contributed by atoms with Gasteiger partial charge in [0.25, 0.3) is 0 Å². The predicted molar refractivity (Wildman–Crippen MR) is 144 cm³/mol. The van der Waals surface area contributed by atoms with E-state index in [2.05, 4.69) is 6.92 Å². The average molecular weight is 511 g/mol. The summed E-state index contributed by atoms with van der Waals surface area (Å²) >= 11 is 0. The van der Waals surface area contributed by atoms with Gasteiger partial charge in [-0.15, -0.1) is 0 Å². The lowest BCUT2D eigenvalue weighted by Crippen LogP contribution is -2.31. The summed E-state index contributed by atoms with van der Waals surface area (Å²) in [5.41, 5.74) is 2.02. The molecule has 2 aliphatic heterocycles. The van der Waals surface area contributed by atoms with Crippen LogP contribution in [0.3, 0.4) is 0 Å². The van der Waals surface area contributed by atoms with E-state index in [1.165, 1.54) is 4.90 Å². The predicted octanol–water partition coefficient (Wildman–Crippen LogP) is 5.03. The molecule has 3 amide bonds. The summed E-state index contributed by atoms with van der Waals surface area (Å²) in [5, 5.41) is 1.99. The maximum atomic E-state index is 13.1. The van der Waals surface area contributed by atoms with Gasteiger partial charge in [-0.2, -0.15) is 0 Å². The van der Waals surface area contributed by atoms with Gasteiger partial charge in [0.1, 0.15) is 5.75 Å². The molecule has 0 N–H and O–H groups in total. The van der Waals surface area contributed by atoms with Gasteiger partial charge < -0.3 is 9.64 Å². The second-order valence-electron chi connectivity index (χ2n) is 10.9. The highest BCUT2D eigenvalue weighted by molar-refractivity contribution is 6.22. The minimum Gasteiger partial charge on any atom is -0.426 e. The number of ether oxygens (including phenoxy) is 1. The number of esters is 1. The summed E-state index contributed by atoms with van der Waals surface area (Å²) in [4.78, 5) is 55.1. The number of benzene rings is 3. The Hall–Kier alpha value is -4.00. The van der Waals surface area contributed by atoms with E-state index in [0.29, 0.717) is 22.9 Å². The molecule has 0 unspecified atom stereocenters. The van der Waals surface area contributed by atoms with E-state index < -0.39 is 11.9 Å². The number of carbonyl (C=O) groups excluding carboxylic acids is 4. The first-order chi connectivity index (χ1) is 18.3. The molecule has 0 bridgehead atoms. The molecule has 2 saturated heterocycles. The third-order valence-electron chi connectivity index (χ3n) is 8.33. The molecular formula is C31H30N2O5. The van der Waals surface area contributed by atoms with Gasteiger partial charge in [-0.3, -0.25) is 19.2 Å². The van der Waals surface area contributed by atoms with Crippen LogP contribution in [0.15, 0.2) is 60.7 Å². The number of carbonyl (C=O) groups is 4. The first-order valence-corrected chi connectivity index (χ1v) is 13.3. The van der Waals surface area contributed by atoms with Crippen LogP contribution >= 0.6 is 0 Å². The number of hydrogen-bond acceptors (Lipinski definition) is 5. The van der Waals surface area contributed by atoms with Crippen molar-refractivity contribution in [2.75, 3.05) is 16.3 Å². The highest BCUT2D eigenvalue weighted by atomic mass is 16.5. The van der Waals surface area contributed by atoms with Gasteiger partial charge in [-0.1, -0.05) is 43.3 Å². The molecule has 7 heteroatoms. The average Bonchev–Trinajstić information content (AvgIpc) is 3.41. The molecule has 7 nitrogen and oxygen atoms in total. The molecule has 194 valence electrons. The van der Waals surface area contributed by atoms with Crippen molar-refractivity contribution in [1.82, 2.24) is 0 Å². The van der Waals surface area contributed by atoms with Crippen LogP contribution in [-0.2, 0) is 19.2 Å². The quantitative estimate of drug-likeness (QED) is 0.279. The number of nitrogens with zero attached hydrogens (tertiary/aromatic N) is 2. The second kappa shape index (κ2) is 9.39. The third kappa shape index (κ3) is 4.06. The van der Waals surface area contributed by atoms with Crippen molar-refractivity contribution in [3.63, 3.8) is 0 Å². The largest absolute Gasteiger partial charge is 0.426 e. The van der Waals surface area contributed by atoms with Crippen LogP contribution in [0, 0.1) is 30.6 Å². The summed E-state index contributed by atoms with van der Waals surface area (Å²) < 4.78 is 5.67. The van der Waals surface area contributed by atoms with Crippen LogP contribution in [0.4, 0.5) is 11.4 Å². The number of imide groups is 1. The Balaban J connectivity index is 1.17. The maximum absolute atomic E-state index is 13.1. The lowest BCUT2D eigenvalue weighted by atomic mass is 9.76. The van der Waals surface area contributed by atoms with Gasteiger partial charge in [-0.25, -0.2) is 4.90 Å². The minimum absolute atomic E-state index is 0.0805. The summed E-state index contributed by atoms with van der Waals surface area (Å²) in [5.74, 6) is -1.14. The fourth-order valence-corrected chi connectivity index (χ4v) is 6.31. The molecule has 0 spiro atoms. The first kappa shape index (κ1) is 24.3. The molecular weight excluding hydrogens is 480 g/mol. The normalized spacial score (nSPS) is 25.3. The Morgan fingerprint density at radius 3 is 2.47 bits per heavy atom. The Kier molecular flexibility index (Phi) is 6.01. The lowest BCUT2D eigenvalue weighted by molar-refractivity contribution is -0.139. The highest BCUT2D eigenvalue weighted by Gasteiger charge is 2.50. The van der Waals surface area contributed by atoms with Gasteiger partial charge in [0.2, 0.25) is 17.7 Å². The Labute approximate surface area is 221 Å². The van der Waals surface area contributed by atoms with E-state index in [1.807, 2.05) is 42.5 Å². The van der Waals surface area contributed by atoms with Crippen molar-refractivity contribution in [3.8, 4) is 5.75 Å². The van der Waals surface area contributed by atoms with Crippen molar-refractivity contribution < 1.29 is 23.9 Å². The number of anilines is 2. The second-order valence-corrected chi connectivity index (χ2v) is 10.9. The smallest absolute Gasteiger partial charge is 0.316 e. The van der Waals surface area contributed by atoms with Gasteiger partial charge in [-0.05, 0) is 67.3 Å². The SMILES string of the molecule is Cc1cc(OC(=O)[C@@H]2CC(=O)N(c3cccc4ccccc34)C2)ccc1N1C(=O)[C@H]2C[C@H](C)CC[C@H]2C1=O. The van der Waals surface area contributed by atoms with E-state index in [9.17, 15) is 19.2 Å². The van der Waals surface area contributed by atoms with E-state index in [1.54, 1.807) is 30.0 Å². The Morgan fingerprint density at radius 2 is 1.66 bits per heavy atom. The maximum Gasteiger partial charge on any atom is 0.316 e. The van der Waals surface area contributed by atoms with Crippen LogP contribution in [0.25, 0.3) is 10.8 Å². The zero-order valence-corrected chi connectivity index (χ0v) is 21.6. The highest BCUT2D eigenvalue weighted by Crippen LogP contribution is 2.43. The van der Waals surface area contributed by atoms with E-state index in [0.717, 1.165) is 35.7 Å². The number of rotatable bonds is 4. The summed E-state index contributed by atoms with van der Waals surface area (Å²) in [6.45, 7) is 4.18. The molecule has 38 heavy (non-hydrogen) atoms. The molecule has 1 aliphatic carbocycles. The van der Waals surface area contributed by atoms with E-state index in [4.69, 9.17) is 4.74 Å². The Bertz CT molecular complexity index is 1470. The molecule has 2 heterocycles. The van der Waals surface area contributed by atoms with Crippen LogP contribution < -0.4 is 14.5 Å². The van der Waals surface area contributed by atoms with Crippen LogP contribution in [0.1, 0.15) is 38.2 Å². The van der Waals surface area contributed by atoms with Gasteiger partial charge in [0.05, 0.1) is 29.1 Å². The zero-order chi connectivity index (χ0) is 26.6. The molecule has 3 fully saturated rings. The number of fused-ring (bicyclic) bond motifs is 2. The van der Waals surface area contributed by atoms with E-state index >= 15 is 0 Å². The first-order valence-electron chi connectivity index (χ1n) is 13.3. The number of aryl methyl sites for hydroxylation is 1. The zero-order valence-electron chi connectivity index (χ0n) is 21.6. The monoisotopic (exact) mass is 510 g/mol. The standard InChI is InChI=1S/C31H30N2O5/c1-18-10-12-24-25(14-18)30(36)33(29(24)35)26-13-11-22(15-19(26)2)38-31(37)21-16-28(34)32(17-21)27-9-5-7-20-6-3-4-8-23(20)27/h3-9,11,13,15,18,21,24-25H,10,12,14,16-17H2,1-2H3/t18-,21-,24-,25+/m1/s1. The molecule has 0 aromatic heterocycles. The molecule has 4 atom stereocenters. The Morgan fingerprint density at radius 1 is 0.895 bits per heavy atom. The van der Waals surface area contributed by atoms with Crippen molar-refractivity contribution >= 4 is 45.8 Å². The number of amides is 3. The van der Waals surface area contributed by atoms with Crippen LogP contribution in [-0.4, -0.2) is 30.2 Å². The van der Waals surface area contributed by atoms with Crippen molar-refractivity contribution in [2.45, 2.75) is 39.5 Å². The van der Waals surface area contributed by atoms with Crippen molar-refractivity contribution in [3.05, 3.63) is 66.2 Å².